The first kappa shape index (κ1) is 16.9. The van der Waals surface area contributed by atoms with Crippen molar-refractivity contribution in [3.63, 3.8) is 0 Å². The number of aromatic nitrogens is 3. The van der Waals surface area contributed by atoms with Crippen LogP contribution in [0.15, 0.2) is 53.3 Å². The minimum absolute atomic E-state index is 0.0952. The molecule has 0 saturated carbocycles. The highest BCUT2D eigenvalue weighted by atomic mass is 35.5. The quantitative estimate of drug-likeness (QED) is 0.554. The van der Waals surface area contributed by atoms with Gasteiger partial charge in [0.2, 0.25) is 0 Å². The molecule has 7 heteroatoms. The lowest BCUT2D eigenvalue weighted by Crippen LogP contribution is -2.10. The van der Waals surface area contributed by atoms with Gasteiger partial charge in [-0.3, -0.25) is 4.79 Å². The first-order valence-electron chi connectivity index (χ1n) is 8.10. The molecular formula is C20H13ClN4O2. The van der Waals surface area contributed by atoms with Crippen molar-refractivity contribution < 1.29 is 5.11 Å². The second-order valence-corrected chi connectivity index (χ2v) is 6.53. The molecule has 0 saturated heterocycles. The first-order valence-corrected chi connectivity index (χ1v) is 8.48. The summed E-state index contributed by atoms with van der Waals surface area (Å²) < 4.78 is 1.59. The van der Waals surface area contributed by atoms with Gasteiger partial charge in [0, 0.05) is 22.2 Å². The number of rotatable bonds is 2. The van der Waals surface area contributed by atoms with Crippen LogP contribution in [0.1, 0.15) is 11.3 Å². The molecule has 2 aromatic carbocycles. The number of aromatic amines is 1. The molecule has 0 fully saturated rings. The molecule has 0 atom stereocenters. The molecule has 2 aromatic heterocycles. The van der Waals surface area contributed by atoms with Crippen LogP contribution in [-0.4, -0.2) is 19.7 Å². The van der Waals surface area contributed by atoms with E-state index in [0.29, 0.717) is 33.2 Å². The van der Waals surface area contributed by atoms with Crippen LogP contribution < -0.4 is 5.56 Å². The van der Waals surface area contributed by atoms with Crippen LogP contribution in [-0.2, 0) is 0 Å². The Kier molecular flexibility index (Phi) is 3.94. The van der Waals surface area contributed by atoms with Gasteiger partial charge in [-0.15, -0.1) is 0 Å². The molecule has 0 aliphatic rings. The fraction of sp³-hybridized carbons (Fsp3) is 0.0500. The van der Waals surface area contributed by atoms with E-state index < -0.39 is 0 Å². The summed E-state index contributed by atoms with van der Waals surface area (Å²) in [6.07, 6.45) is 0. The molecule has 6 nitrogen and oxygen atoms in total. The maximum absolute atomic E-state index is 12.3. The highest BCUT2D eigenvalue weighted by Gasteiger charge is 2.18. The van der Waals surface area contributed by atoms with E-state index in [1.54, 1.807) is 28.8 Å². The van der Waals surface area contributed by atoms with Gasteiger partial charge in [-0.2, -0.15) is 10.4 Å². The summed E-state index contributed by atoms with van der Waals surface area (Å²) in [5.74, 6) is -0.0952. The normalized spacial score (nSPS) is 10.9. The molecule has 0 spiro atoms. The summed E-state index contributed by atoms with van der Waals surface area (Å²) in [5.41, 5.74) is 3.72. The standard InChI is InChI=1S/C20H13ClN4O2/c1-11-19(13-3-5-14(21)6-4-13)20-23-18(27)9-16(25(20)24-11)15-7-2-12(10-22)8-17(15)26/h2-9,26H,1H3,(H,23,27). The zero-order valence-electron chi connectivity index (χ0n) is 14.2. The van der Waals surface area contributed by atoms with E-state index in [9.17, 15) is 9.90 Å². The Morgan fingerprint density at radius 1 is 1.19 bits per heavy atom. The third-order valence-electron chi connectivity index (χ3n) is 4.33. The second kappa shape index (κ2) is 6.31. The van der Waals surface area contributed by atoms with Gasteiger partial charge in [-0.05, 0) is 42.8 Å². The number of benzene rings is 2. The molecule has 0 radical (unpaired) electrons. The summed E-state index contributed by atoms with van der Waals surface area (Å²) in [4.78, 5) is 15.1. The number of halogens is 1. The van der Waals surface area contributed by atoms with Crippen molar-refractivity contribution in [2.75, 3.05) is 0 Å². The number of H-pyrrole nitrogens is 1. The number of hydrogen-bond acceptors (Lipinski definition) is 4. The Labute approximate surface area is 158 Å². The Morgan fingerprint density at radius 2 is 1.93 bits per heavy atom. The number of nitrogens with zero attached hydrogens (tertiary/aromatic N) is 3. The van der Waals surface area contributed by atoms with Gasteiger partial charge in [0.15, 0.2) is 0 Å². The Morgan fingerprint density at radius 3 is 2.59 bits per heavy atom. The Balaban J connectivity index is 2.02. The van der Waals surface area contributed by atoms with Crippen molar-refractivity contribution in [2.24, 2.45) is 0 Å². The van der Waals surface area contributed by atoms with Gasteiger partial charge in [0.1, 0.15) is 11.4 Å². The van der Waals surface area contributed by atoms with Crippen LogP contribution in [0.2, 0.25) is 5.02 Å². The summed E-state index contributed by atoms with van der Waals surface area (Å²) in [6, 6.07) is 15.1. The van der Waals surface area contributed by atoms with E-state index in [-0.39, 0.29) is 11.3 Å². The maximum Gasteiger partial charge on any atom is 0.251 e. The molecule has 4 rings (SSSR count). The molecule has 4 aromatic rings. The van der Waals surface area contributed by atoms with Gasteiger partial charge >= 0.3 is 0 Å². The SMILES string of the molecule is Cc1nn2c(-c3ccc(C#N)cc3O)cc(=O)[nH]c2c1-c1ccc(Cl)cc1. The lowest BCUT2D eigenvalue weighted by atomic mass is 10.1. The van der Waals surface area contributed by atoms with Crippen LogP contribution in [0.4, 0.5) is 0 Å². The fourth-order valence-electron chi connectivity index (χ4n) is 3.13. The molecule has 2 N–H and O–H groups in total. The highest BCUT2D eigenvalue weighted by molar-refractivity contribution is 6.30. The minimum atomic E-state index is -0.323. The smallest absolute Gasteiger partial charge is 0.251 e. The number of nitriles is 1. The van der Waals surface area contributed by atoms with E-state index >= 15 is 0 Å². The van der Waals surface area contributed by atoms with Crippen LogP contribution in [0.5, 0.6) is 5.75 Å². The number of fused-ring (bicyclic) bond motifs is 1. The summed E-state index contributed by atoms with van der Waals surface area (Å²) in [6.45, 7) is 1.84. The van der Waals surface area contributed by atoms with Crippen molar-refractivity contribution in [3.05, 3.63) is 75.2 Å². The van der Waals surface area contributed by atoms with Gasteiger partial charge in [-0.1, -0.05) is 23.7 Å². The van der Waals surface area contributed by atoms with E-state index in [2.05, 4.69) is 10.1 Å². The van der Waals surface area contributed by atoms with Gasteiger partial charge in [0.05, 0.1) is 23.0 Å². The number of aryl methyl sites for hydroxylation is 1. The molecule has 0 aliphatic carbocycles. The number of hydrogen-bond donors (Lipinski definition) is 2. The van der Waals surface area contributed by atoms with E-state index in [4.69, 9.17) is 16.9 Å². The first-order chi connectivity index (χ1) is 13.0. The van der Waals surface area contributed by atoms with Crippen LogP contribution in [0.3, 0.4) is 0 Å². The van der Waals surface area contributed by atoms with Gasteiger partial charge < -0.3 is 10.1 Å². The monoisotopic (exact) mass is 376 g/mol. The minimum Gasteiger partial charge on any atom is -0.507 e. The zero-order valence-corrected chi connectivity index (χ0v) is 14.9. The van der Waals surface area contributed by atoms with Crippen LogP contribution >= 0.6 is 11.6 Å². The van der Waals surface area contributed by atoms with Crippen molar-refractivity contribution in [2.45, 2.75) is 6.92 Å². The van der Waals surface area contributed by atoms with Crippen molar-refractivity contribution in [1.82, 2.24) is 14.6 Å². The molecule has 0 unspecified atom stereocenters. The number of phenolic OH excluding ortho intramolecular Hbond substituents is 1. The average molecular weight is 377 g/mol. The van der Waals surface area contributed by atoms with Gasteiger partial charge in [-0.25, -0.2) is 4.52 Å². The van der Waals surface area contributed by atoms with E-state index in [1.807, 2.05) is 25.1 Å². The molecular weight excluding hydrogens is 364 g/mol. The predicted molar refractivity (Wildman–Crippen MR) is 103 cm³/mol. The lowest BCUT2D eigenvalue weighted by Gasteiger charge is -2.08. The highest BCUT2D eigenvalue weighted by Crippen LogP contribution is 2.33. The molecule has 27 heavy (non-hydrogen) atoms. The van der Waals surface area contributed by atoms with Gasteiger partial charge in [0.25, 0.3) is 5.56 Å². The van der Waals surface area contributed by atoms with E-state index in [0.717, 1.165) is 11.1 Å². The van der Waals surface area contributed by atoms with E-state index in [1.165, 1.54) is 12.1 Å². The number of nitrogens with one attached hydrogen (secondary N) is 1. The molecule has 132 valence electrons. The maximum atomic E-state index is 12.3. The third-order valence-corrected chi connectivity index (χ3v) is 4.59. The largest absolute Gasteiger partial charge is 0.507 e. The summed E-state index contributed by atoms with van der Waals surface area (Å²) in [7, 11) is 0. The fourth-order valence-corrected chi connectivity index (χ4v) is 3.25. The molecule has 0 amide bonds. The van der Waals surface area contributed by atoms with Crippen LogP contribution in [0.25, 0.3) is 28.0 Å². The predicted octanol–water partition coefficient (Wildman–Crippen LogP) is 3.90. The number of phenols is 1. The van der Waals surface area contributed by atoms with Crippen molar-refractivity contribution >= 4 is 17.2 Å². The Bertz CT molecular complexity index is 1280. The Hall–Kier alpha value is -3.56. The third kappa shape index (κ3) is 2.84. The van der Waals surface area contributed by atoms with Crippen molar-refractivity contribution in [3.8, 4) is 34.2 Å². The summed E-state index contributed by atoms with van der Waals surface area (Å²) >= 11 is 5.97. The molecule has 0 aliphatic heterocycles. The average Bonchev–Trinajstić information content (AvgIpc) is 2.97. The number of aromatic hydroxyl groups is 1. The summed E-state index contributed by atoms with van der Waals surface area (Å²) in [5, 5.41) is 24.5. The lowest BCUT2D eigenvalue weighted by molar-refractivity contribution is 0.476. The topological polar surface area (TPSA) is 94.2 Å². The molecule has 2 heterocycles. The second-order valence-electron chi connectivity index (χ2n) is 6.09. The van der Waals surface area contributed by atoms with Crippen molar-refractivity contribution in [1.29, 1.82) is 5.26 Å². The zero-order chi connectivity index (χ0) is 19.1. The molecule has 0 bridgehead atoms. The van der Waals surface area contributed by atoms with Crippen LogP contribution in [0, 0.1) is 18.3 Å².